The van der Waals surface area contributed by atoms with Gasteiger partial charge < -0.3 is 19.7 Å². The quantitative estimate of drug-likeness (QED) is 0.149. The first-order chi connectivity index (χ1) is 25.1. The maximum Gasteiger partial charge on any atom is 0.120 e. The van der Waals surface area contributed by atoms with E-state index in [-0.39, 0.29) is 26.4 Å². The highest BCUT2D eigenvalue weighted by atomic mass is 32.1. The number of aliphatic hydroxyl groups excluding tert-OH is 2. The fourth-order valence-electron chi connectivity index (χ4n) is 7.76. The molecule has 0 saturated heterocycles. The van der Waals surface area contributed by atoms with Crippen molar-refractivity contribution in [1.29, 1.82) is 0 Å². The van der Waals surface area contributed by atoms with Crippen molar-refractivity contribution in [3.05, 3.63) is 165 Å². The van der Waals surface area contributed by atoms with Crippen LogP contribution < -0.4 is 9.47 Å². The summed E-state index contributed by atoms with van der Waals surface area (Å²) in [6, 6.07) is 44.3. The van der Waals surface area contributed by atoms with Gasteiger partial charge in [0.2, 0.25) is 0 Å². The van der Waals surface area contributed by atoms with Crippen LogP contribution in [0.2, 0.25) is 0 Å². The molecule has 0 unspecified atom stereocenters. The highest BCUT2D eigenvalue weighted by Crippen LogP contribution is 2.58. The zero-order valence-electron chi connectivity index (χ0n) is 27.7. The summed E-state index contributed by atoms with van der Waals surface area (Å²) < 4.78 is 11.5. The number of thiophene rings is 2. The van der Waals surface area contributed by atoms with Crippen molar-refractivity contribution in [2.24, 2.45) is 0 Å². The van der Waals surface area contributed by atoms with Gasteiger partial charge in [0.25, 0.3) is 0 Å². The molecular formula is C45H34O4S2. The molecule has 1 aliphatic rings. The first-order valence-corrected chi connectivity index (χ1v) is 18.9. The number of fused-ring (bicyclic) bond motifs is 5. The summed E-state index contributed by atoms with van der Waals surface area (Å²) in [5.74, 6) is 1.49. The minimum atomic E-state index is -0.606. The molecule has 2 N–H and O–H groups in total. The lowest BCUT2D eigenvalue weighted by atomic mass is 9.67. The molecule has 0 radical (unpaired) electrons. The SMILES string of the molecule is OCCOc1ccc2cc(C3(c4ccc5cc(OCCO)ccc5c4)c4ccc(-c5ccsc5)cc4-c4cc(-c5ccsc5)ccc43)ccc2c1. The summed E-state index contributed by atoms with van der Waals surface area (Å²) >= 11 is 3.44. The number of hydrogen-bond acceptors (Lipinski definition) is 6. The van der Waals surface area contributed by atoms with Gasteiger partial charge in [0.15, 0.2) is 0 Å². The third-order valence-corrected chi connectivity index (χ3v) is 11.4. The second kappa shape index (κ2) is 13.1. The van der Waals surface area contributed by atoms with Gasteiger partial charge in [-0.2, -0.15) is 22.7 Å². The zero-order chi connectivity index (χ0) is 34.4. The highest BCUT2D eigenvalue weighted by molar-refractivity contribution is 7.08. The maximum atomic E-state index is 9.31. The van der Waals surface area contributed by atoms with Gasteiger partial charge in [-0.25, -0.2) is 0 Å². The van der Waals surface area contributed by atoms with Crippen LogP contribution in [0, 0.1) is 0 Å². The molecule has 6 heteroatoms. The van der Waals surface area contributed by atoms with Crippen molar-refractivity contribution in [3.63, 3.8) is 0 Å². The van der Waals surface area contributed by atoms with Gasteiger partial charge in [0.05, 0.1) is 18.6 Å². The van der Waals surface area contributed by atoms with E-state index in [0.717, 1.165) is 33.0 Å². The topological polar surface area (TPSA) is 58.9 Å². The fourth-order valence-corrected chi connectivity index (χ4v) is 9.09. The number of aliphatic hydroxyl groups is 2. The van der Waals surface area contributed by atoms with Gasteiger partial charge in [-0.1, -0.05) is 60.7 Å². The second-order valence-corrected chi connectivity index (χ2v) is 14.4. The first-order valence-electron chi connectivity index (χ1n) is 17.1. The molecule has 6 aromatic carbocycles. The van der Waals surface area contributed by atoms with Crippen molar-refractivity contribution in [2.45, 2.75) is 5.41 Å². The van der Waals surface area contributed by atoms with E-state index in [9.17, 15) is 10.2 Å². The van der Waals surface area contributed by atoms with E-state index in [1.807, 2.05) is 24.3 Å². The summed E-state index contributed by atoms with van der Waals surface area (Å²) in [7, 11) is 0. The van der Waals surface area contributed by atoms with E-state index in [2.05, 4.69) is 119 Å². The Labute approximate surface area is 304 Å². The van der Waals surface area contributed by atoms with Crippen LogP contribution in [-0.4, -0.2) is 36.6 Å². The van der Waals surface area contributed by atoms with Crippen molar-refractivity contribution in [2.75, 3.05) is 26.4 Å². The number of ether oxygens (including phenoxy) is 2. The molecule has 51 heavy (non-hydrogen) atoms. The minimum absolute atomic E-state index is 0.0245. The Morgan fingerprint density at radius 2 is 0.902 bits per heavy atom. The first kappa shape index (κ1) is 31.7. The fraction of sp³-hybridized carbons (Fsp3) is 0.111. The third-order valence-electron chi connectivity index (χ3n) is 10.1. The largest absolute Gasteiger partial charge is 0.491 e. The van der Waals surface area contributed by atoms with Gasteiger partial charge in [0.1, 0.15) is 24.7 Å². The molecule has 2 heterocycles. The molecule has 8 aromatic rings. The van der Waals surface area contributed by atoms with E-state index in [1.165, 1.54) is 55.6 Å². The predicted molar refractivity (Wildman–Crippen MR) is 211 cm³/mol. The Morgan fingerprint density at radius 1 is 0.451 bits per heavy atom. The minimum Gasteiger partial charge on any atom is -0.491 e. The van der Waals surface area contributed by atoms with Crippen LogP contribution in [0.25, 0.3) is 54.9 Å². The van der Waals surface area contributed by atoms with Gasteiger partial charge in [0, 0.05) is 0 Å². The monoisotopic (exact) mass is 702 g/mol. The van der Waals surface area contributed by atoms with Crippen LogP contribution in [0.4, 0.5) is 0 Å². The van der Waals surface area contributed by atoms with Crippen molar-refractivity contribution < 1.29 is 19.7 Å². The van der Waals surface area contributed by atoms with Crippen LogP contribution >= 0.6 is 22.7 Å². The maximum absolute atomic E-state index is 9.31. The normalized spacial score (nSPS) is 13.0. The molecule has 0 atom stereocenters. The van der Waals surface area contributed by atoms with Gasteiger partial charge in [-0.05, 0) is 159 Å². The highest BCUT2D eigenvalue weighted by Gasteiger charge is 2.46. The standard InChI is InChI=1S/C45H34O4S2/c46-15-17-48-39-9-3-29-21-37(7-1-31(29)23-39)45(38-8-2-32-24-40(49-18-16-47)10-4-30(32)22-38)43-11-5-33(35-13-19-50-27-35)25-41(43)42-26-34(6-12-44(42)45)36-14-20-51-28-36/h1-14,19-28,46-47H,15-18H2. The molecule has 0 bridgehead atoms. The van der Waals surface area contributed by atoms with E-state index >= 15 is 0 Å². The van der Waals surface area contributed by atoms with Crippen LogP contribution in [0.15, 0.2) is 143 Å². The molecule has 0 fully saturated rings. The molecule has 1 aliphatic carbocycles. The smallest absolute Gasteiger partial charge is 0.120 e. The van der Waals surface area contributed by atoms with Gasteiger partial charge >= 0.3 is 0 Å². The van der Waals surface area contributed by atoms with Crippen molar-refractivity contribution in [1.82, 2.24) is 0 Å². The molecular weight excluding hydrogens is 669 g/mol. The molecule has 250 valence electrons. The lowest BCUT2D eigenvalue weighted by Crippen LogP contribution is -2.28. The molecule has 0 amide bonds. The lowest BCUT2D eigenvalue weighted by molar-refractivity contribution is 0.201. The lowest BCUT2D eigenvalue weighted by Gasteiger charge is -2.34. The van der Waals surface area contributed by atoms with Gasteiger partial charge in [-0.3, -0.25) is 0 Å². The predicted octanol–water partition coefficient (Wildman–Crippen LogP) is 10.6. The number of hydrogen-bond donors (Lipinski definition) is 2. The summed E-state index contributed by atoms with van der Waals surface area (Å²) in [6.07, 6.45) is 0. The summed E-state index contributed by atoms with van der Waals surface area (Å²) in [6.45, 7) is 0.475. The van der Waals surface area contributed by atoms with Crippen molar-refractivity contribution >= 4 is 44.2 Å². The molecule has 4 nitrogen and oxygen atoms in total. The molecule has 2 aromatic heterocycles. The van der Waals surface area contributed by atoms with E-state index < -0.39 is 5.41 Å². The number of rotatable bonds is 10. The molecule has 0 aliphatic heterocycles. The van der Waals surface area contributed by atoms with Crippen LogP contribution in [0.1, 0.15) is 22.3 Å². The summed E-state index contributed by atoms with van der Waals surface area (Å²) in [5, 5.41) is 31.7. The van der Waals surface area contributed by atoms with Gasteiger partial charge in [-0.15, -0.1) is 0 Å². The van der Waals surface area contributed by atoms with Crippen LogP contribution in [0.5, 0.6) is 11.5 Å². The Morgan fingerprint density at radius 3 is 1.33 bits per heavy atom. The third kappa shape index (κ3) is 5.43. The Hall–Kier alpha value is -5.24. The van der Waals surface area contributed by atoms with E-state index in [0.29, 0.717) is 0 Å². The Kier molecular flexibility index (Phi) is 8.17. The molecule has 9 rings (SSSR count). The van der Waals surface area contributed by atoms with Crippen LogP contribution in [0.3, 0.4) is 0 Å². The summed E-state index contributed by atoms with van der Waals surface area (Å²) in [5.41, 5.74) is 11.6. The average molecular weight is 703 g/mol. The number of benzene rings is 6. The second-order valence-electron chi connectivity index (χ2n) is 12.9. The summed E-state index contributed by atoms with van der Waals surface area (Å²) in [4.78, 5) is 0. The van der Waals surface area contributed by atoms with E-state index in [1.54, 1.807) is 22.7 Å². The zero-order valence-corrected chi connectivity index (χ0v) is 29.3. The van der Waals surface area contributed by atoms with Crippen LogP contribution in [-0.2, 0) is 5.41 Å². The molecule has 0 spiro atoms. The Balaban J connectivity index is 1.32. The average Bonchev–Trinajstić information content (AvgIpc) is 3.97. The molecule has 0 saturated carbocycles. The van der Waals surface area contributed by atoms with E-state index in [4.69, 9.17) is 9.47 Å². The van der Waals surface area contributed by atoms with Crippen molar-refractivity contribution in [3.8, 4) is 44.9 Å². The Bertz CT molecular complexity index is 2340.